The summed E-state index contributed by atoms with van der Waals surface area (Å²) in [5.74, 6) is -9.69. The molecule has 0 N–H and O–H groups in total. The second kappa shape index (κ2) is 8.38. The van der Waals surface area contributed by atoms with Crippen LogP contribution in [-0.4, -0.2) is 7.28 Å². The lowest BCUT2D eigenvalue weighted by molar-refractivity contribution is 0.384. The van der Waals surface area contributed by atoms with Gasteiger partial charge in [0, 0.05) is 5.31 Å². The van der Waals surface area contributed by atoms with Crippen LogP contribution in [0.3, 0.4) is 0 Å². The summed E-state index contributed by atoms with van der Waals surface area (Å²) in [6.45, 7) is 0. The van der Waals surface area contributed by atoms with Gasteiger partial charge in [-0.05, 0) is 22.2 Å². The standard InChI is InChI=1S/C25H16BF5/c27-20-19(21(28)23(30)24(31)22(20)29)26-25(16-10-4-1-5-11-16,17-12-6-2-7-13-17)18-14-8-3-9-15-18/h1-15,26H. The predicted octanol–water partition coefficient (Wildman–Crippen LogP) is 5.44. The first-order chi connectivity index (χ1) is 15.0. The molecule has 154 valence electrons. The minimum absolute atomic E-state index is 0.461. The highest BCUT2D eigenvalue weighted by Gasteiger charge is 2.41. The lowest BCUT2D eigenvalue weighted by atomic mass is 9.41. The first-order valence-corrected chi connectivity index (χ1v) is 9.63. The van der Waals surface area contributed by atoms with Crippen molar-refractivity contribution in [1.82, 2.24) is 0 Å². The molecule has 0 nitrogen and oxygen atoms in total. The molecule has 0 unspecified atom stereocenters. The molecule has 0 fully saturated rings. The largest absolute Gasteiger partial charge is 0.204 e. The Hall–Kier alpha value is -3.41. The van der Waals surface area contributed by atoms with Gasteiger partial charge >= 0.3 is 0 Å². The van der Waals surface area contributed by atoms with E-state index in [-0.39, 0.29) is 0 Å². The Balaban J connectivity index is 2.08. The molecule has 0 aliphatic carbocycles. The van der Waals surface area contributed by atoms with Crippen molar-refractivity contribution in [3.8, 4) is 0 Å². The summed E-state index contributed by atoms with van der Waals surface area (Å²) in [6.07, 6.45) is 0. The molecule has 31 heavy (non-hydrogen) atoms. The van der Waals surface area contributed by atoms with Crippen LogP contribution in [0.2, 0.25) is 0 Å². The Labute approximate surface area is 177 Å². The summed E-state index contributed by atoms with van der Waals surface area (Å²) in [5.41, 5.74) is 1.14. The smallest absolute Gasteiger partial charge is 0.200 e. The second-order valence-electron chi connectivity index (χ2n) is 7.23. The van der Waals surface area contributed by atoms with Gasteiger partial charge < -0.3 is 0 Å². The molecule has 6 heteroatoms. The zero-order valence-corrected chi connectivity index (χ0v) is 16.3. The molecule has 0 radical (unpaired) electrons. The Morgan fingerprint density at radius 2 is 0.710 bits per heavy atom. The van der Waals surface area contributed by atoms with Crippen molar-refractivity contribution < 1.29 is 22.0 Å². The number of rotatable bonds is 5. The maximum Gasteiger partial charge on any atom is 0.200 e. The lowest BCUT2D eigenvalue weighted by Crippen LogP contribution is -2.45. The van der Waals surface area contributed by atoms with E-state index in [0.717, 1.165) is 0 Å². The molecule has 0 saturated carbocycles. The van der Waals surface area contributed by atoms with Gasteiger partial charge in [-0.1, -0.05) is 91.0 Å². The molecule has 4 rings (SSSR count). The molecule has 0 aromatic heterocycles. The van der Waals surface area contributed by atoms with Crippen LogP contribution in [0.1, 0.15) is 16.7 Å². The second-order valence-corrected chi connectivity index (χ2v) is 7.23. The molecular formula is C25H16BF5. The molecule has 0 bridgehead atoms. The Morgan fingerprint density at radius 1 is 0.419 bits per heavy atom. The third kappa shape index (κ3) is 3.52. The van der Waals surface area contributed by atoms with Gasteiger partial charge in [0.25, 0.3) is 0 Å². The highest BCUT2D eigenvalue weighted by Crippen LogP contribution is 2.38. The Kier molecular flexibility index (Phi) is 5.64. The van der Waals surface area contributed by atoms with E-state index in [4.69, 9.17) is 0 Å². The molecule has 4 aromatic carbocycles. The zero-order chi connectivity index (χ0) is 22.0. The maximum absolute atomic E-state index is 14.8. The molecule has 0 spiro atoms. The van der Waals surface area contributed by atoms with Crippen LogP contribution in [0.4, 0.5) is 22.0 Å². The predicted molar refractivity (Wildman–Crippen MR) is 112 cm³/mol. The number of hydrogen-bond donors (Lipinski definition) is 0. The third-order valence-electron chi connectivity index (χ3n) is 5.54. The maximum atomic E-state index is 14.8. The summed E-state index contributed by atoms with van der Waals surface area (Å²) in [4.78, 5) is 0. The van der Waals surface area contributed by atoms with E-state index in [9.17, 15) is 22.0 Å². The van der Waals surface area contributed by atoms with E-state index in [1.54, 1.807) is 91.0 Å². The number of benzene rings is 4. The van der Waals surface area contributed by atoms with E-state index < -0.39 is 47.1 Å². The van der Waals surface area contributed by atoms with Crippen LogP contribution in [-0.2, 0) is 5.31 Å². The fourth-order valence-corrected chi connectivity index (χ4v) is 4.04. The molecule has 0 aliphatic rings. The van der Waals surface area contributed by atoms with Crippen molar-refractivity contribution in [3.63, 3.8) is 0 Å². The van der Waals surface area contributed by atoms with Gasteiger partial charge in [0.15, 0.2) is 36.4 Å². The van der Waals surface area contributed by atoms with Crippen LogP contribution in [0.5, 0.6) is 0 Å². The Bertz CT molecular complexity index is 1070. The fraction of sp³-hybridized carbons (Fsp3) is 0.0400. The average Bonchev–Trinajstić information content (AvgIpc) is 2.83. The topological polar surface area (TPSA) is 0 Å². The van der Waals surface area contributed by atoms with Crippen molar-refractivity contribution in [2.75, 3.05) is 0 Å². The minimum atomic E-state index is -2.16. The molecule has 0 saturated heterocycles. The van der Waals surface area contributed by atoms with Gasteiger partial charge in [0.1, 0.15) is 0 Å². The molecule has 0 amide bonds. The van der Waals surface area contributed by atoms with Gasteiger partial charge in [0.05, 0.1) is 0 Å². The van der Waals surface area contributed by atoms with E-state index in [2.05, 4.69) is 0 Å². The normalized spacial score (nSPS) is 11.4. The van der Waals surface area contributed by atoms with E-state index in [0.29, 0.717) is 16.7 Å². The van der Waals surface area contributed by atoms with E-state index in [1.165, 1.54) is 0 Å². The minimum Gasteiger partial charge on any atom is -0.204 e. The van der Waals surface area contributed by atoms with Gasteiger partial charge in [-0.3, -0.25) is 0 Å². The highest BCUT2D eigenvalue weighted by molar-refractivity contribution is 6.59. The molecule has 0 atom stereocenters. The SMILES string of the molecule is Fc1c(F)c(F)c(BC(c2ccccc2)(c2ccccc2)c2ccccc2)c(F)c1F. The van der Waals surface area contributed by atoms with Gasteiger partial charge in [-0.2, -0.15) is 0 Å². The first kappa shape index (κ1) is 20.9. The van der Waals surface area contributed by atoms with Crippen LogP contribution in [0, 0.1) is 29.1 Å². The molecule has 0 heterocycles. The summed E-state index contributed by atoms with van der Waals surface area (Å²) >= 11 is 0. The van der Waals surface area contributed by atoms with Crippen LogP contribution in [0.25, 0.3) is 0 Å². The van der Waals surface area contributed by atoms with Gasteiger partial charge in [-0.25, -0.2) is 22.0 Å². The average molecular weight is 422 g/mol. The van der Waals surface area contributed by atoms with E-state index >= 15 is 0 Å². The van der Waals surface area contributed by atoms with Crippen molar-refractivity contribution in [2.45, 2.75) is 5.31 Å². The zero-order valence-electron chi connectivity index (χ0n) is 16.3. The van der Waals surface area contributed by atoms with Gasteiger partial charge in [0.2, 0.25) is 0 Å². The number of hydrogen-bond acceptors (Lipinski definition) is 0. The van der Waals surface area contributed by atoms with Crippen molar-refractivity contribution in [3.05, 3.63) is 137 Å². The molecular weight excluding hydrogens is 406 g/mol. The monoisotopic (exact) mass is 422 g/mol. The first-order valence-electron chi connectivity index (χ1n) is 9.63. The molecule has 0 aliphatic heterocycles. The van der Waals surface area contributed by atoms with Gasteiger partial charge in [-0.15, -0.1) is 0 Å². The van der Waals surface area contributed by atoms with Crippen molar-refractivity contribution in [1.29, 1.82) is 0 Å². The van der Waals surface area contributed by atoms with Crippen LogP contribution in [0.15, 0.2) is 91.0 Å². The fourth-order valence-electron chi connectivity index (χ4n) is 4.04. The van der Waals surface area contributed by atoms with Crippen molar-refractivity contribution in [2.24, 2.45) is 0 Å². The third-order valence-corrected chi connectivity index (χ3v) is 5.54. The van der Waals surface area contributed by atoms with E-state index in [1.807, 2.05) is 0 Å². The lowest BCUT2D eigenvalue weighted by Gasteiger charge is -2.36. The van der Waals surface area contributed by atoms with Crippen molar-refractivity contribution >= 4 is 12.7 Å². The summed E-state index contributed by atoms with van der Waals surface area (Å²) < 4.78 is 71.2. The number of halogens is 5. The quantitative estimate of drug-likeness (QED) is 0.132. The summed E-state index contributed by atoms with van der Waals surface area (Å²) in [5, 5.41) is -1.19. The summed E-state index contributed by atoms with van der Waals surface area (Å²) in [6, 6.07) is 26.7. The molecule has 4 aromatic rings. The summed E-state index contributed by atoms with van der Waals surface area (Å²) in [7, 11) is -0.461. The highest BCUT2D eigenvalue weighted by atomic mass is 19.2. The Morgan fingerprint density at radius 3 is 1.03 bits per heavy atom. The van der Waals surface area contributed by atoms with Crippen LogP contribution >= 0.6 is 0 Å². The van der Waals surface area contributed by atoms with Crippen LogP contribution < -0.4 is 5.46 Å².